The number of thiophene rings is 1. The van der Waals surface area contributed by atoms with E-state index in [1.54, 1.807) is 29.9 Å². The lowest BCUT2D eigenvalue weighted by Gasteiger charge is -2.20. The maximum Gasteiger partial charge on any atom is 0.227 e. The van der Waals surface area contributed by atoms with Crippen molar-refractivity contribution in [1.29, 1.82) is 0 Å². The molecule has 9 heteroatoms. The van der Waals surface area contributed by atoms with E-state index >= 15 is 0 Å². The van der Waals surface area contributed by atoms with Gasteiger partial charge >= 0.3 is 0 Å². The van der Waals surface area contributed by atoms with Gasteiger partial charge < -0.3 is 10.3 Å². The number of aromatic amines is 2. The summed E-state index contributed by atoms with van der Waals surface area (Å²) in [7, 11) is 0. The average Bonchev–Trinajstić information content (AvgIpc) is 3.73. The number of rotatable bonds is 5. The molecule has 6 heterocycles. The number of pyridine rings is 3. The highest BCUT2D eigenvalue weighted by molar-refractivity contribution is 7.13. The third-order valence-corrected chi connectivity index (χ3v) is 8.16. The van der Waals surface area contributed by atoms with Crippen LogP contribution in [0.25, 0.3) is 55.0 Å². The predicted molar refractivity (Wildman–Crippen MR) is 151 cm³/mol. The molecule has 0 bridgehead atoms. The van der Waals surface area contributed by atoms with Gasteiger partial charge in [0.1, 0.15) is 5.69 Å². The maximum absolute atomic E-state index is 12.8. The average molecular weight is 520 g/mol. The summed E-state index contributed by atoms with van der Waals surface area (Å²) in [6.45, 7) is 0. The molecule has 6 aromatic heterocycles. The van der Waals surface area contributed by atoms with Gasteiger partial charge in [0.05, 0.1) is 45.6 Å². The van der Waals surface area contributed by atoms with Crippen LogP contribution in [0, 0.1) is 5.92 Å². The van der Waals surface area contributed by atoms with Gasteiger partial charge in [0.15, 0.2) is 0 Å². The van der Waals surface area contributed by atoms with Crippen molar-refractivity contribution in [1.82, 2.24) is 30.1 Å². The summed E-state index contributed by atoms with van der Waals surface area (Å²) in [6.07, 6.45) is 12.5. The van der Waals surface area contributed by atoms with E-state index in [9.17, 15) is 4.79 Å². The first-order valence-corrected chi connectivity index (χ1v) is 13.7. The Hall–Kier alpha value is -4.37. The molecule has 6 aromatic rings. The molecule has 0 aromatic carbocycles. The summed E-state index contributed by atoms with van der Waals surface area (Å²) in [4.78, 5) is 31.1. The summed E-state index contributed by atoms with van der Waals surface area (Å²) in [5, 5.41) is 14.8. The molecule has 8 nitrogen and oxygen atoms in total. The highest BCUT2D eigenvalue weighted by Crippen LogP contribution is 2.35. The molecule has 1 aliphatic rings. The molecule has 0 atom stereocenters. The number of anilines is 1. The molecule has 7 rings (SSSR count). The Labute approximate surface area is 222 Å². The van der Waals surface area contributed by atoms with E-state index in [1.807, 2.05) is 30.5 Å². The number of fused-ring (bicyclic) bond motifs is 2. The zero-order valence-corrected chi connectivity index (χ0v) is 21.4. The summed E-state index contributed by atoms with van der Waals surface area (Å²) in [5.41, 5.74) is 6.81. The normalized spacial score (nSPS) is 14.3. The van der Waals surface area contributed by atoms with Crippen LogP contribution >= 0.6 is 11.3 Å². The zero-order chi connectivity index (χ0) is 25.5. The molecule has 1 saturated carbocycles. The van der Waals surface area contributed by atoms with E-state index in [0.29, 0.717) is 5.69 Å². The third-order valence-electron chi connectivity index (χ3n) is 7.28. The second kappa shape index (κ2) is 9.50. The second-order valence-corrected chi connectivity index (χ2v) is 10.7. The molecule has 0 aliphatic heterocycles. The molecular weight excluding hydrogens is 494 g/mol. The highest BCUT2D eigenvalue weighted by atomic mass is 32.1. The van der Waals surface area contributed by atoms with Gasteiger partial charge in [0, 0.05) is 40.2 Å². The van der Waals surface area contributed by atoms with Gasteiger partial charge in [-0.3, -0.25) is 24.8 Å². The number of nitrogens with one attached hydrogen (secondary N) is 3. The monoisotopic (exact) mass is 519 g/mol. The number of carbonyl (C=O) groups is 1. The lowest BCUT2D eigenvalue weighted by molar-refractivity contribution is -0.120. The topological polar surface area (TPSA) is 112 Å². The summed E-state index contributed by atoms with van der Waals surface area (Å²) >= 11 is 1.67. The highest BCUT2D eigenvalue weighted by Gasteiger charge is 2.21. The molecule has 3 N–H and O–H groups in total. The molecule has 1 aliphatic carbocycles. The van der Waals surface area contributed by atoms with E-state index in [-0.39, 0.29) is 11.8 Å². The molecule has 1 fully saturated rings. The minimum Gasteiger partial charge on any atom is -0.353 e. The Morgan fingerprint density at radius 1 is 0.947 bits per heavy atom. The van der Waals surface area contributed by atoms with E-state index in [0.717, 1.165) is 80.7 Å². The van der Waals surface area contributed by atoms with Crippen LogP contribution in [0.3, 0.4) is 0 Å². The Morgan fingerprint density at radius 2 is 1.84 bits per heavy atom. The number of carbonyl (C=O) groups excluding carboxylic acids is 1. The first-order chi connectivity index (χ1) is 18.7. The van der Waals surface area contributed by atoms with Gasteiger partial charge in [-0.05, 0) is 48.6 Å². The van der Waals surface area contributed by atoms with Crippen molar-refractivity contribution in [3.8, 4) is 33.2 Å². The van der Waals surface area contributed by atoms with Crippen molar-refractivity contribution in [3.05, 3.63) is 66.6 Å². The Bertz CT molecular complexity index is 1760. The smallest absolute Gasteiger partial charge is 0.227 e. The number of H-pyrrole nitrogens is 2. The fraction of sp³-hybridized carbons (Fsp3) is 0.207. The summed E-state index contributed by atoms with van der Waals surface area (Å²) in [6, 6.07) is 12.2. The minimum atomic E-state index is 0.0828. The summed E-state index contributed by atoms with van der Waals surface area (Å²) < 4.78 is 0. The Morgan fingerprint density at radius 3 is 2.71 bits per heavy atom. The van der Waals surface area contributed by atoms with Crippen molar-refractivity contribution >= 4 is 44.7 Å². The van der Waals surface area contributed by atoms with Crippen LogP contribution in [0.5, 0.6) is 0 Å². The number of aromatic nitrogens is 6. The number of nitrogens with zero attached hydrogens (tertiary/aromatic N) is 4. The third kappa shape index (κ3) is 4.14. The van der Waals surface area contributed by atoms with Crippen LogP contribution in [0.4, 0.5) is 5.69 Å². The number of hydrogen-bond donors (Lipinski definition) is 3. The van der Waals surface area contributed by atoms with Crippen molar-refractivity contribution < 1.29 is 4.79 Å². The lowest BCUT2D eigenvalue weighted by Crippen LogP contribution is -2.24. The zero-order valence-electron chi connectivity index (χ0n) is 20.6. The SMILES string of the molecule is O=C(Nc1cncc(-c2cc3c(-c4cc5c(-c6cccs6)nccc5[nH]4)n[nH]c3cn2)c1)C1CCCCC1. The Balaban J connectivity index is 1.23. The van der Waals surface area contributed by atoms with Crippen molar-refractivity contribution in [2.45, 2.75) is 32.1 Å². The maximum atomic E-state index is 12.8. The first-order valence-electron chi connectivity index (χ1n) is 12.9. The largest absolute Gasteiger partial charge is 0.353 e. The number of amides is 1. The quantitative estimate of drug-likeness (QED) is 0.232. The molecule has 1 amide bonds. The van der Waals surface area contributed by atoms with Crippen LogP contribution in [0.1, 0.15) is 32.1 Å². The van der Waals surface area contributed by atoms with Crippen LogP contribution in [0.2, 0.25) is 0 Å². The van der Waals surface area contributed by atoms with Crippen LogP contribution in [-0.2, 0) is 4.79 Å². The molecule has 38 heavy (non-hydrogen) atoms. The van der Waals surface area contributed by atoms with Gasteiger partial charge in [-0.2, -0.15) is 5.10 Å². The Kier molecular flexibility index (Phi) is 5.70. The standard InChI is InChI=1S/C29H25N7OS/c37-29(17-5-2-1-3-6-17)33-19-11-18(14-30-15-19)23-12-21-25(16-32-23)35-36-27(21)24-13-20-22(34-24)8-9-31-28(20)26-7-4-10-38-26/h4,7-17,34H,1-3,5-6H2,(H,33,37)(H,35,36). The van der Waals surface area contributed by atoms with Crippen molar-refractivity contribution in [3.63, 3.8) is 0 Å². The first kappa shape index (κ1) is 22.8. The van der Waals surface area contributed by atoms with Gasteiger partial charge in [-0.15, -0.1) is 11.3 Å². The van der Waals surface area contributed by atoms with Crippen molar-refractivity contribution in [2.24, 2.45) is 5.92 Å². The van der Waals surface area contributed by atoms with E-state index in [2.05, 4.69) is 53.0 Å². The fourth-order valence-corrected chi connectivity index (χ4v) is 6.06. The molecule has 0 spiro atoms. The molecule has 0 radical (unpaired) electrons. The van der Waals surface area contributed by atoms with E-state index < -0.39 is 0 Å². The lowest BCUT2D eigenvalue weighted by atomic mass is 9.88. The van der Waals surface area contributed by atoms with E-state index in [1.165, 1.54) is 6.42 Å². The van der Waals surface area contributed by atoms with Crippen LogP contribution < -0.4 is 5.32 Å². The van der Waals surface area contributed by atoms with Gasteiger partial charge in [-0.25, -0.2) is 0 Å². The molecule has 0 saturated heterocycles. The number of hydrogen-bond acceptors (Lipinski definition) is 6. The van der Waals surface area contributed by atoms with Crippen LogP contribution in [0.15, 0.2) is 66.6 Å². The molecule has 188 valence electrons. The molecular formula is C29H25N7OS. The fourth-order valence-electron chi connectivity index (χ4n) is 5.33. The van der Waals surface area contributed by atoms with Gasteiger partial charge in [-0.1, -0.05) is 25.3 Å². The predicted octanol–water partition coefficient (Wildman–Crippen LogP) is 6.81. The van der Waals surface area contributed by atoms with Gasteiger partial charge in [0.25, 0.3) is 0 Å². The second-order valence-electron chi connectivity index (χ2n) is 9.75. The van der Waals surface area contributed by atoms with E-state index in [4.69, 9.17) is 0 Å². The van der Waals surface area contributed by atoms with Crippen molar-refractivity contribution in [2.75, 3.05) is 5.32 Å². The summed E-state index contributed by atoms with van der Waals surface area (Å²) in [5.74, 6) is 0.168. The van der Waals surface area contributed by atoms with Gasteiger partial charge in [0.2, 0.25) is 5.91 Å². The molecule has 0 unspecified atom stereocenters. The minimum absolute atomic E-state index is 0.0828. The van der Waals surface area contributed by atoms with Crippen LogP contribution in [-0.4, -0.2) is 36.0 Å².